The Labute approximate surface area is 153 Å². The number of hydrogen-bond donors (Lipinski definition) is 1. The van der Waals surface area contributed by atoms with Crippen LogP contribution >= 0.6 is 0 Å². The SMILES string of the molecule is CS(=O)(=O)c1ccc(CC(=O)N2CCCC3(CCc4cn[nH]c43)C2)cc1. The van der Waals surface area contributed by atoms with Gasteiger partial charge in [-0.05, 0) is 48.9 Å². The highest BCUT2D eigenvalue weighted by molar-refractivity contribution is 7.90. The van der Waals surface area contributed by atoms with Crippen LogP contribution in [0.1, 0.15) is 36.1 Å². The maximum Gasteiger partial charge on any atom is 0.227 e. The van der Waals surface area contributed by atoms with Crippen LogP contribution < -0.4 is 0 Å². The molecule has 138 valence electrons. The zero-order valence-corrected chi connectivity index (χ0v) is 15.7. The van der Waals surface area contributed by atoms with Gasteiger partial charge in [0.05, 0.1) is 17.5 Å². The Morgan fingerprint density at radius 3 is 2.77 bits per heavy atom. The Balaban J connectivity index is 1.47. The number of piperidine rings is 1. The molecule has 1 N–H and O–H groups in total. The molecule has 2 aliphatic rings. The van der Waals surface area contributed by atoms with Gasteiger partial charge in [-0.2, -0.15) is 5.10 Å². The third kappa shape index (κ3) is 3.05. The average Bonchev–Trinajstić information content (AvgIpc) is 3.20. The van der Waals surface area contributed by atoms with Crippen molar-refractivity contribution < 1.29 is 13.2 Å². The number of benzene rings is 1. The Kier molecular flexibility index (Phi) is 4.14. The lowest BCUT2D eigenvalue weighted by Gasteiger charge is -2.40. The van der Waals surface area contributed by atoms with Gasteiger partial charge in [0.1, 0.15) is 0 Å². The molecule has 1 unspecified atom stereocenters. The zero-order valence-electron chi connectivity index (χ0n) is 14.9. The van der Waals surface area contributed by atoms with Crippen molar-refractivity contribution >= 4 is 15.7 Å². The van der Waals surface area contributed by atoms with Gasteiger partial charge in [0, 0.05) is 30.5 Å². The molecule has 4 rings (SSSR count). The van der Waals surface area contributed by atoms with E-state index in [1.54, 1.807) is 24.3 Å². The summed E-state index contributed by atoms with van der Waals surface area (Å²) in [6.45, 7) is 1.52. The summed E-state index contributed by atoms with van der Waals surface area (Å²) in [6.07, 6.45) is 7.59. The van der Waals surface area contributed by atoms with E-state index in [2.05, 4.69) is 10.2 Å². The van der Waals surface area contributed by atoms with Crippen LogP contribution in [0.5, 0.6) is 0 Å². The van der Waals surface area contributed by atoms with E-state index < -0.39 is 9.84 Å². The lowest BCUT2D eigenvalue weighted by atomic mass is 9.77. The van der Waals surface area contributed by atoms with Gasteiger partial charge in [0.2, 0.25) is 5.91 Å². The van der Waals surface area contributed by atoms with E-state index in [1.165, 1.54) is 17.5 Å². The maximum atomic E-state index is 12.8. The van der Waals surface area contributed by atoms with E-state index in [-0.39, 0.29) is 16.2 Å². The molecule has 0 bridgehead atoms. The minimum Gasteiger partial charge on any atom is -0.341 e. The number of amides is 1. The standard InChI is InChI=1S/C19H23N3O3S/c1-26(24,25)16-5-3-14(4-6-16)11-17(23)22-10-2-8-19(13-22)9-7-15-12-20-21-18(15)19/h3-6,12H,2,7-11,13H2,1H3,(H,20,21). The number of nitrogens with one attached hydrogen (secondary N) is 1. The fraction of sp³-hybridized carbons (Fsp3) is 0.474. The van der Waals surface area contributed by atoms with E-state index in [9.17, 15) is 13.2 Å². The first kappa shape index (κ1) is 17.3. The van der Waals surface area contributed by atoms with Gasteiger partial charge in [-0.1, -0.05) is 12.1 Å². The molecule has 1 amide bonds. The Morgan fingerprint density at radius 1 is 1.27 bits per heavy atom. The van der Waals surface area contributed by atoms with Crippen molar-refractivity contribution in [1.82, 2.24) is 15.1 Å². The Hall–Kier alpha value is -2.15. The molecule has 7 heteroatoms. The average molecular weight is 373 g/mol. The number of aromatic amines is 1. The first-order valence-corrected chi connectivity index (χ1v) is 10.9. The number of carbonyl (C=O) groups is 1. The van der Waals surface area contributed by atoms with Crippen LogP contribution in [-0.4, -0.2) is 48.8 Å². The fourth-order valence-corrected chi connectivity index (χ4v) is 4.98. The minimum atomic E-state index is -3.21. The quantitative estimate of drug-likeness (QED) is 0.890. The topological polar surface area (TPSA) is 83.1 Å². The molecule has 1 aliphatic carbocycles. The van der Waals surface area contributed by atoms with E-state index in [1.807, 2.05) is 11.1 Å². The van der Waals surface area contributed by atoms with Gasteiger partial charge < -0.3 is 4.90 Å². The molecule has 1 aliphatic heterocycles. The lowest BCUT2D eigenvalue weighted by Crippen LogP contribution is -2.48. The van der Waals surface area contributed by atoms with Crippen molar-refractivity contribution in [3.05, 3.63) is 47.3 Å². The summed E-state index contributed by atoms with van der Waals surface area (Å²) >= 11 is 0. The molecule has 1 aromatic heterocycles. The predicted octanol–water partition coefficient (Wildman–Crippen LogP) is 1.86. The van der Waals surface area contributed by atoms with Crippen molar-refractivity contribution in [2.75, 3.05) is 19.3 Å². The van der Waals surface area contributed by atoms with Crippen LogP contribution in [0, 0.1) is 0 Å². The molecular formula is C19H23N3O3S. The lowest BCUT2D eigenvalue weighted by molar-refractivity contribution is -0.132. The number of hydrogen-bond acceptors (Lipinski definition) is 4. The number of sulfone groups is 1. The fourth-order valence-electron chi connectivity index (χ4n) is 4.35. The molecule has 1 saturated heterocycles. The number of likely N-dealkylation sites (tertiary alicyclic amines) is 1. The molecule has 1 spiro atoms. The number of aryl methyl sites for hydroxylation is 1. The van der Waals surface area contributed by atoms with Gasteiger partial charge in [0.15, 0.2) is 9.84 Å². The van der Waals surface area contributed by atoms with Gasteiger partial charge in [0.25, 0.3) is 0 Å². The van der Waals surface area contributed by atoms with Crippen molar-refractivity contribution in [1.29, 1.82) is 0 Å². The highest BCUT2D eigenvalue weighted by atomic mass is 32.2. The second kappa shape index (κ2) is 6.23. The molecule has 1 aromatic carbocycles. The van der Waals surface area contributed by atoms with E-state index in [0.717, 1.165) is 44.3 Å². The second-order valence-corrected chi connectivity index (χ2v) is 9.58. The second-order valence-electron chi connectivity index (χ2n) is 7.56. The van der Waals surface area contributed by atoms with Gasteiger partial charge in [-0.25, -0.2) is 8.42 Å². The highest BCUT2D eigenvalue weighted by Crippen LogP contribution is 2.43. The molecule has 26 heavy (non-hydrogen) atoms. The van der Waals surface area contributed by atoms with Crippen molar-refractivity contribution in [2.45, 2.75) is 42.4 Å². The number of fused-ring (bicyclic) bond motifs is 2. The summed E-state index contributed by atoms with van der Waals surface area (Å²) in [5.41, 5.74) is 3.37. The first-order valence-electron chi connectivity index (χ1n) is 8.97. The smallest absolute Gasteiger partial charge is 0.227 e. The summed E-state index contributed by atoms with van der Waals surface area (Å²) in [4.78, 5) is 15.1. The predicted molar refractivity (Wildman–Crippen MR) is 97.7 cm³/mol. The summed E-state index contributed by atoms with van der Waals surface area (Å²) in [7, 11) is -3.21. The largest absolute Gasteiger partial charge is 0.341 e. The number of aromatic nitrogens is 2. The van der Waals surface area contributed by atoms with Gasteiger partial charge >= 0.3 is 0 Å². The van der Waals surface area contributed by atoms with Crippen molar-refractivity contribution in [2.24, 2.45) is 0 Å². The summed E-state index contributed by atoms with van der Waals surface area (Å²) in [6, 6.07) is 6.61. The number of carbonyl (C=O) groups excluding carboxylic acids is 1. The van der Waals surface area contributed by atoms with Crippen molar-refractivity contribution in [3.8, 4) is 0 Å². The monoisotopic (exact) mass is 373 g/mol. The summed E-state index contributed by atoms with van der Waals surface area (Å²) < 4.78 is 23.1. The highest BCUT2D eigenvalue weighted by Gasteiger charge is 2.44. The van der Waals surface area contributed by atoms with Gasteiger partial charge in [-0.15, -0.1) is 0 Å². The zero-order chi connectivity index (χ0) is 18.4. The molecule has 0 saturated carbocycles. The maximum absolute atomic E-state index is 12.8. The summed E-state index contributed by atoms with van der Waals surface area (Å²) in [5, 5.41) is 7.34. The van der Waals surface area contributed by atoms with E-state index >= 15 is 0 Å². The van der Waals surface area contributed by atoms with Crippen LogP contribution in [0.2, 0.25) is 0 Å². The van der Waals surface area contributed by atoms with Crippen LogP contribution in [0.25, 0.3) is 0 Å². The van der Waals surface area contributed by atoms with Crippen molar-refractivity contribution in [3.63, 3.8) is 0 Å². The molecule has 2 aromatic rings. The third-order valence-corrected chi connectivity index (χ3v) is 6.89. The molecule has 2 heterocycles. The number of rotatable bonds is 3. The van der Waals surface area contributed by atoms with E-state index in [0.29, 0.717) is 6.42 Å². The van der Waals surface area contributed by atoms with E-state index in [4.69, 9.17) is 0 Å². The first-order chi connectivity index (χ1) is 12.4. The third-order valence-electron chi connectivity index (χ3n) is 5.76. The minimum absolute atomic E-state index is 0.0277. The Morgan fingerprint density at radius 2 is 2.04 bits per heavy atom. The molecule has 1 fully saturated rings. The van der Waals surface area contributed by atoms with Crippen LogP contribution in [0.3, 0.4) is 0 Å². The van der Waals surface area contributed by atoms with Crippen LogP contribution in [-0.2, 0) is 32.9 Å². The molecule has 0 radical (unpaired) electrons. The normalized spacial score (nSPS) is 22.6. The van der Waals surface area contributed by atoms with Gasteiger partial charge in [-0.3, -0.25) is 9.89 Å². The Bertz CT molecular complexity index is 933. The molecular weight excluding hydrogens is 350 g/mol. The number of H-pyrrole nitrogens is 1. The summed E-state index contributed by atoms with van der Waals surface area (Å²) in [5.74, 6) is 0.101. The van der Waals surface area contributed by atoms with Crippen LogP contribution in [0.4, 0.5) is 0 Å². The number of nitrogens with zero attached hydrogens (tertiary/aromatic N) is 2. The van der Waals surface area contributed by atoms with Crippen LogP contribution in [0.15, 0.2) is 35.4 Å². The molecule has 1 atom stereocenters. The molecule has 6 nitrogen and oxygen atoms in total.